The summed E-state index contributed by atoms with van der Waals surface area (Å²) in [6.45, 7) is 9.36. The highest BCUT2D eigenvalue weighted by Gasteiger charge is 2.61. The van der Waals surface area contributed by atoms with Crippen LogP contribution in [0.25, 0.3) is 0 Å². The second-order valence-corrected chi connectivity index (χ2v) is 5.76. The Kier molecular flexibility index (Phi) is 1.26. The summed E-state index contributed by atoms with van der Waals surface area (Å²) in [5.74, 6) is 0.737. The molecular formula is C12H18N2. The first-order chi connectivity index (χ1) is 6.48. The molecule has 0 aliphatic heterocycles. The first kappa shape index (κ1) is 8.51. The van der Waals surface area contributed by atoms with E-state index in [0.717, 1.165) is 5.92 Å². The summed E-state index contributed by atoms with van der Waals surface area (Å²) < 4.78 is 0. The monoisotopic (exact) mass is 190 g/mol. The minimum atomic E-state index is 0.317. The van der Waals surface area contributed by atoms with Crippen LogP contribution < -0.4 is 0 Å². The molecule has 2 nitrogen and oxygen atoms in total. The number of nitrogens with one attached hydrogen (secondary N) is 1. The maximum atomic E-state index is 4.52. The van der Waals surface area contributed by atoms with Gasteiger partial charge < -0.3 is 0 Å². The van der Waals surface area contributed by atoms with Crippen LogP contribution in [0.15, 0.2) is 0 Å². The topological polar surface area (TPSA) is 28.7 Å². The van der Waals surface area contributed by atoms with Crippen molar-refractivity contribution >= 4 is 0 Å². The van der Waals surface area contributed by atoms with E-state index in [4.69, 9.17) is 0 Å². The number of aromatic nitrogens is 2. The molecule has 2 bridgehead atoms. The van der Waals surface area contributed by atoms with E-state index in [2.05, 4.69) is 37.9 Å². The first-order valence-electron chi connectivity index (χ1n) is 5.54. The van der Waals surface area contributed by atoms with Crippen molar-refractivity contribution in [3.05, 3.63) is 17.0 Å². The van der Waals surface area contributed by atoms with Crippen molar-refractivity contribution in [2.75, 3.05) is 0 Å². The van der Waals surface area contributed by atoms with E-state index in [1.807, 2.05) is 0 Å². The fourth-order valence-electron chi connectivity index (χ4n) is 3.71. The van der Waals surface area contributed by atoms with Gasteiger partial charge in [-0.25, -0.2) is 0 Å². The SMILES string of the molecule is Cc1[nH]nc2c1C1CCC2(C)C1(C)C. The highest BCUT2D eigenvalue weighted by molar-refractivity contribution is 5.47. The summed E-state index contributed by atoms with van der Waals surface area (Å²) in [5, 5.41) is 7.67. The molecule has 14 heavy (non-hydrogen) atoms. The van der Waals surface area contributed by atoms with Gasteiger partial charge in [0.05, 0.1) is 5.69 Å². The number of fused-ring (bicyclic) bond motifs is 5. The van der Waals surface area contributed by atoms with Crippen LogP contribution in [0.4, 0.5) is 0 Å². The zero-order valence-corrected chi connectivity index (χ0v) is 9.44. The zero-order chi connectivity index (χ0) is 10.1. The Labute approximate surface area is 85.1 Å². The van der Waals surface area contributed by atoms with E-state index < -0.39 is 0 Å². The maximum Gasteiger partial charge on any atom is 0.0724 e. The van der Waals surface area contributed by atoms with E-state index in [1.54, 1.807) is 0 Å². The lowest BCUT2D eigenvalue weighted by molar-refractivity contribution is 0.225. The van der Waals surface area contributed by atoms with Crippen LogP contribution >= 0.6 is 0 Å². The molecule has 0 aromatic carbocycles. The normalized spacial score (nSPS) is 37.6. The molecule has 2 aliphatic rings. The van der Waals surface area contributed by atoms with Crippen LogP contribution in [0, 0.1) is 12.3 Å². The largest absolute Gasteiger partial charge is 0.282 e. The summed E-state index contributed by atoms with van der Waals surface area (Å²) in [6.07, 6.45) is 2.65. The molecule has 0 saturated heterocycles. The second-order valence-electron chi connectivity index (χ2n) is 5.76. The van der Waals surface area contributed by atoms with Crippen LogP contribution in [0.2, 0.25) is 0 Å². The lowest BCUT2D eigenvalue weighted by Gasteiger charge is -2.34. The van der Waals surface area contributed by atoms with E-state index >= 15 is 0 Å². The number of rotatable bonds is 0. The highest BCUT2D eigenvalue weighted by atomic mass is 15.1. The summed E-state index contributed by atoms with van der Waals surface area (Å²) in [5.41, 5.74) is 4.91. The molecule has 1 saturated carbocycles. The molecule has 76 valence electrons. The van der Waals surface area contributed by atoms with Crippen molar-refractivity contribution in [1.29, 1.82) is 0 Å². The Bertz CT molecular complexity index is 402. The van der Waals surface area contributed by atoms with Crippen molar-refractivity contribution in [3.8, 4) is 0 Å². The van der Waals surface area contributed by atoms with Gasteiger partial charge in [-0.3, -0.25) is 5.10 Å². The van der Waals surface area contributed by atoms with Crippen LogP contribution in [0.3, 0.4) is 0 Å². The summed E-state index contributed by atoms with van der Waals surface area (Å²) in [6, 6.07) is 0. The number of aromatic amines is 1. The van der Waals surface area contributed by atoms with Crippen LogP contribution in [-0.2, 0) is 5.41 Å². The minimum Gasteiger partial charge on any atom is -0.282 e. The van der Waals surface area contributed by atoms with Crippen molar-refractivity contribution < 1.29 is 0 Å². The molecule has 1 N–H and O–H groups in total. The summed E-state index contributed by atoms with van der Waals surface area (Å²) in [7, 11) is 0. The smallest absolute Gasteiger partial charge is 0.0724 e. The average Bonchev–Trinajstić information content (AvgIpc) is 2.63. The van der Waals surface area contributed by atoms with Gasteiger partial charge in [0.25, 0.3) is 0 Å². The van der Waals surface area contributed by atoms with E-state index in [-0.39, 0.29) is 0 Å². The standard InChI is InChI=1S/C12H18N2/c1-7-9-8-5-6-12(4,11(8,2)3)10(9)14-13-7/h8H,5-6H2,1-4H3,(H,13,14). The maximum absolute atomic E-state index is 4.52. The Hall–Kier alpha value is -0.790. The molecule has 3 rings (SSSR count). The van der Waals surface area contributed by atoms with E-state index in [9.17, 15) is 0 Å². The fourth-order valence-corrected chi connectivity index (χ4v) is 3.71. The third kappa shape index (κ3) is 0.626. The minimum absolute atomic E-state index is 0.317. The van der Waals surface area contributed by atoms with Crippen molar-refractivity contribution in [2.24, 2.45) is 5.41 Å². The first-order valence-corrected chi connectivity index (χ1v) is 5.54. The van der Waals surface area contributed by atoms with Crippen molar-refractivity contribution in [3.63, 3.8) is 0 Å². The molecule has 1 fully saturated rings. The van der Waals surface area contributed by atoms with Crippen LogP contribution in [-0.4, -0.2) is 10.2 Å². The van der Waals surface area contributed by atoms with Gasteiger partial charge >= 0.3 is 0 Å². The third-order valence-corrected chi connectivity index (χ3v) is 5.09. The molecule has 2 aliphatic carbocycles. The number of nitrogens with zero attached hydrogens (tertiary/aromatic N) is 1. The summed E-state index contributed by atoms with van der Waals surface area (Å²) in [4.78, 5) is 0. The lowest BCUT2D eigenvalue weighted by atomic mass is 9.70. The molecule has 1 aromatic rings. The van der Waals surface area contributed by atoms with Gasteiger partial charge in [-0.1, -0.05) is 20.8 Å². The molecule has 0 spiro atoms. The molecular weight excluding hydrogens is 172 g/mol. The third-order valence-electron chi connectivity index (χ3n) is 5.09. The molecule has 2 atom stereocenters. The van der Waals surface area contributed by atoms with Gasteiger partial charge in [-0.2, -0.15) is 5.10 Å². The fraction of sp³-hybridized carbons (Fsp3) is 0.750. The van der Waals surface area contributed by atoms with E-state index in [0.29, 0.717) is 10.8 Å². The molecule has 0 radical (unpaired) electrons. The Morgan fingerprint density at radius 1 is 1.36 bits per heavy atom. The quantitative estimate of drug-likeness (QED) is 0.669. The zero-order valence-electron chi connectivity index (χ0n) is 9.44. The van der Waals surface area contributed by atoms with Crippen LogP contribution in [0.5, 0.6) is 0 Å². The van der Waals surface area contributed by atoms with Crippen molar-refractivity contribution in [1.82, 2.24) is 10.2 Å². The van der Waals surface area contributed by atoms with Gasteiger partial charge in [0.2, 0.25) is 0 Å². The van der Waals surface area contributed by atoms with Crippen molar-refractivity contribution in [2.45, 2.75) is 51.9 Å². The Morgan fingerprint density at radius 2 is 2.07 bits per heavy atom. The number of H-pyrrole nitrogens is 1. The highest BCUT2D eigenvalue weighted by Crippen LogP contribution is 2.67. The predicted molar refractivity (Wildman–Crippen MR) is 56.4 cm³/mol. The Morgan fingerprint density at radius 3 is 2.71 bits per heavy atom. The van der Waals surface area contributed by atoms with Crippen LogP contribution in [0.1, 0.15) is 56.5 Å². The molecule has 1 heterocycles. The molecule has 2 heteroatoms. The van der Waals surface area contributed by atoms with Gasteiger partial charge in [0.1, 0.15) is 0 Å². The predicted octanol–water partition coefficient (Wildman–Crippen LogP) is 2.89. The number of aryl methyl sites for hydroxylation is 1. The van der Waals surface area contributed by atoms with E-state index in [1.165, 1.54) is 29.8 Å². The number of hydrogen-bond donors (Lipinski definition) is 1. The summed E-state index contributed by atoms with van der Waals surface area (Å²) >= 11 is 0. The molecule has 2 unspecified atom stereocenters. The number of hydrogen-bond acceptors (Lipinski definition) is 1. The van der Waals surface area contributed by atoms with Gasteiger partial charge in [0, 0.05) is 16.7 Å². The molecule has 1 aromatic heterocycles. The molecule has 0 amide bonds. The average molecular weight is 190 g/mol. The lowest BCUT2D eigenvalue weighted by Crippen LogP contribution is -2.32. The van der Waals surface area contributed by atoms with Gasteiger partial charge in [-0.15, -0.1) is 0 Å². The van der Waals surface area contributed by atoms with Gasteiger partial charge in [0.15, 0.2) is 0 Å². The van der Waals surface area contributed by atoms with Gasteiger partial charge in [-0.05, 0) is 31.1 Å². The second kappa shape index (κ2) is 2.07. The Balaban J connectivity index is 2.31.